The Morgan fingerprint density at radius 1 is 0.886 bits per heavy atom. The van der Waals surface area contributed by atoms with Crippen molar-refractivity contribution in [3.8, 4) is 11.1 Å². The molecule has 13 heteroatoms. The second-order valence-electron chi connectivity index (χ2n) is 9.69. The van der Waals surface area contributed by atoms with Crippen LogP contribution in [0.15, 0.2) is 101 Å². The van der Waals surface area contributed by atoms with Crippen LogP contribution in [0, 0.1) is 0 Å². The maximum absolute atomic E-state index is 12.7. The van der Waals surface area contributed by atoms with Gasteiger partial charge in [-0.3, -0.25) is 15.4 Å². The molecule has 2 amide bonds. The molecule has 0 spiro atoms. The SMILES string of the molecule is Nc1cc(C(=O)Nc2nnc(C(F)(F)F)s2)ccc1Sc1ccc(NC(=O)OCC2c3ccccc3-c3ccccc32)cc1. The molecule has 4 N–H and O–H groups in total. The van der Waals surface area contributed by atoms with E-state index in [0.29, 0.717) is 16.3 Å². The van der Waals surface area contributed by atoms with Crippen LogP contribution in [0.2, 0.25) is 0 Å². The predicted octanol–water partition coefficient (Wildman–Crippen LogP) is 7.90. The number of carbonyl (C=O) groups is 2. The number of aromatic nitrogens is 2. The van der Waals surface area contributed by atoms with E-state index >= 15 is 0 Å². The Hall–Kier alpha value is -4.88. The molecule has 6 rings (SSSR count). The number of alkyl halides is 3. The van der Waals surface area contributed by atoms with Crippen LogP contribution in [-0.4, -0.2) is 28.8 Å². The van der Waals surface area contributed by atoms with Crippen LogP contribution >= 0.6 is 23.1 Å². The highest BCUT2D eigenvalue weighted by Crippen LogP contribution is 2.44. The van der Waals surface area contributed by atoms with Crippen LogP contribution in [-0.2, 0) is 10.9 Å². The van der Waals surface area contributed by atoms with Crippen LogP contribution in [0.4, 0.5) is 34.5 Å². The number of hydrogen-bond donors (Lipinski definition) is 3. The van der Waals surface area contributed by atoms with Crippen LogP contribution in [0.3, 0.4) is 0 Å². The molecular formula is C31H22F3N5O3S2. The number of fused-ring (bicyclic) bond motifs is 3. The van der Waals surface area contributed by atoms with E-state index in [0.717, 1.165) is 27.1 Å². The predicted molar refractivity (Wildman–Crippen MR) is 163 cm³/mol. The topological polar surface area (TPSA) is 119 Å². The Morgan fingerprint density at radius 2 is 1.55 bits per heavy atom. The number of amides is 2. The largest absolute Gasteiger partial charge is 0.448 e. The normalized spacial score (nSPS) is 12.3. The number of benzene rings is 4. The zero-order valence-corrected chi connectivity index (χ0v) is 24.2. The number of hydrogen-bond acceptors (Lipinski definition) is 8. The Balaban J connectivity index is 1.03. The van der Waals surface area contributed by atoms with Crippen LogP contribution in [0.1, 0.15) is 32.4 Å². The first kappa shape index (κ1) is 29.2. The van der Waals surface area contributed by atoms with Gasteiger partial charge in [-0.05, 0) is 64.7 Å². The molecule has 1 aromatic heterocycles. The number of halogens is 3. The molecule has 0 fully saturated rings. The molecule has 0 unspecified atom stereocenters. The van der Waals surface area contributed by atoms with E-state index in [1.807, 2.05) is 24.3 Å². The molecule has 8 nitrogen and oxygen atoms in total. The smallest absolute Gasteiger partial charge is 0.445 e. The van der Waals surface area contributed by atoms with Gasteiger partial charge in [-0.2, -0.15) is 13.2 Å². The zero-order valence-electron chi connectivity index (χ0n) is 22.6. The van der Waals surface area contributed by atoms with E-state index in [1.54, 1.807) is 30.3 Å². The van der Waals surface area contributed by atoms with Gasteiger partial charge in [-0.15, -0.1) is 10.2 Å². The van der Waals surface area contributed by atoms with Gasteiger partial charge in [0.25, 0.3) is 5.91 Å². The summed E-state index contributed by atoms with van der Waals surface area (Å²) >= 11 is 1.57. The van der Waals surface area contributed by atoms with Crippen molar-refractivity contribution in [3.05, 3.63) is 113 Å². The maximum Gasteiger partial charge on any atom is 0.445 e. The van der Waals surface area contributed by atoms with E-state index < -0.39 is 23.2 Å². The van der Waals surface area contributed by atoms with Crippen molar-refractivity contribution in [2.24, 2.45) is 0 Å². The molecule has 0 aliphatic heterocycles. The van der Waals surface area contributed by atoms with Crippen molar-refractivity contribution in [2.75, 3.05) is 23.0 Å². The summed E-state index contributed by atoms with van der Waals surface area (Å²) in [6.07, 6.45) is -5.20. The van der Waals surface area contributed by atoms with Crippen LogP contribution < -0.4 is 16.4 Å². The van der Waals surface area contributed by atoms with Crippen molar-refractivity contribution in [1.82, 2.24) is 10.2 Å². The molecule has 1 aliphatic carbocycles. The van der Waals surface area contributed by atoms with Crippen molar-refractivity contribution in [2.45, 2.75) is 21.9 Å². The van der Waals surface area contributed by atoms with E-state index in [1.165, 1.54) is 23.9 Å². The third kappa shape index (κ3) is 6.24. The Bertz CT molecular complexity index is 1820. The summed E-state index contributed by atoms with van der Waals surface area (Å²) in [6.45, 7) is 0.205. The highest BCUT2D eigenvalue weighted by atomic mass is 32.2. The summed E-state index contributed by atoms with van der Waals surface area (Å²) in [5, 5.41) is 10.0. The Morgan fingerprint density at radius 3 is 2.16 bits per heavy atom. The van der Waals surface area contributed by atoms with Gasteiger partial charge in [0.1, 0.15) is 6.61 Å². The first-order valence-corrected chi connectivity index (χ1v) is 14.8. The molecule has 0 atom stereocenters. The second-order valence-corrected chi connectivity index (χ2v) is 11.8. The molecule has 0 saturated heterocycles. The van der Waals surface area contributed by atoms with Crippen molar-refractivity contribution in [1.29, 1.82) is 0 Å². The molecule has 0 saturated carbocycles. The minimum Gasteiger partial charge on any atom is -0.448 e. The van der Waals surface area contributed by atoms with Crippen molar-refractivity contribution < 1.29 is 27.5 Å². The lowest BCUT2D eigenvalue weighted by molar-refractivity contribution is -0.138. The van der Waals surface area contributed by atoms with E-state index in [4.69, 9.17) is 10.5 Å². The summed E-state index contributed by atoms with van der Waals surface area (Å²) in [7, 11) is 0. The van der Waals surface area contributed by atoms with Gasteiger partial charge < -0.3 is 10.5 Å². The summed E-state index contributed by atoms with van der Waals surface area (Å²) in [5.41, 5.74) is 11.7. The summed E-state index contributed by atoms with van der Waals surface area (Å²) in [4.78, 5) is 26.6. The monoisotopic (exact) mass is 633 g/mol. The van der Waals surface area contributed by atoms with Crippen molar-refractivity contribution >= 4 is 51.6 Å². The van der Waals surface area contributed by atoms with Gasteiger partial charge in [0.05, 0.1) is 0 Å². The fourth-order valence-corrected chi connectivity index (χ4v) is 6.27. The molecule has 1 heterocycles. The minimum atomic E-state index is -4.64. The fourth-order valence-electron chi connectivity index (χ4n) is 4.83. The number of rotatable bonds is 7. The summed E-state index contributed by atoms with van der Waals surface area (Å²) < 4.78 is 43.8. The lowest BCUT2D eigenvalue weighted by atomic mass is 9.98. The lowest BCUT2D eigenvalue weighted by Crippen LogP contribution is -2.17. The molecular weight excluding hydrogens is 612 g/mol. The van der Waals surface area contributed by atoms with Crippen LogP contribution in [0.25, 0.3) is 11.1 Å². The Kier molecular flexibility index (Phi) is 7.97. The summed E-state index contributed by atoms with van der Waals surface area (Å²) in [5.74, 6) is -0.705. The standard InChI is InChI=1S/C31H22F3N5O3S2/c32-31(33,34)28-38-39-29(44-28)37-27(40)17-9-14-26(25(35)15-17)43-19-12-10-18(11-13-19)36-30(41)42-16-24-22-7-3-1-5-20(22)21-6-2-4-8-23(21)24/h1-15,24H,16,35H2,(H,36,41)(H,37,39,40). The van der Waals surface area contributed by atoms with Gasteiger partial charge in [-0.1, -0.05) is 71.6 Å². The van der Waals surface area contributed by atoms with E-state index in [9.17, 15) is 22.8 Å². The molecule has 1 aliphatic rings. The molecule has 222 valence electrons. The van der Waals surface area contributed by atoms with Gasteiger partial charge >= 0.3 is 12.3 Å². The minimum absolute atomic E-state index is 0.0403. The van der Waals surface area contributed by atoms with Gasteiger partial charge in [0, 0.05) is 32.6 Å². The average Bonchev–Trinajstić information content (AvgIpc) is 3.61. The number of nitrogens with one attached hydrogen (secondary N) is 2. The number of carbonyl (C=O) groups excluding carboxylic acids is 2. The average molecular weight is 634 g/mol. The van der Waals surface area contributed by atoms with E-state index in [-0.39, 0.29) is 34.6 Å². The highest BCUT2D eigenvalue weighted by molar-refractivity contribution is 7.99. The van der Waals surface area contributed by atoms with Crippen LogP contribution in [0.5, 0.6) is 0 Å². The zero-order chi connectivity index (χ0) is 30.8. The number of nitrogens with zero attached hydrogens (tertiary/aromatic N) is 2. The number of ether oxygens (including phenoxy) is 1. The molecule has 0 radical (unpaired) electrons. The first-order valence-electron chi connectivity index (χ1n) is 13.2. The number of anilines is 3. The first-order chi connectivity index (χ1) is 21.2. The van der Waals surface area contributed by atoms with E-state index in [2.05, 4.69) is 45.1 Å². The number of nitrogens with two attached hydrogens (primary N) is 1. The van der Waals surface area contributed by atoms with Crippen molar-refractivity contribution in [3.63, 3.8) is 0 Å². The Labute approximate surface area is 257 Å². The lowest BCUT2D eigenvalue weighted by Gasteiger charge is -2.14. The molecule has 0 bridgehead atoms. The molecule has 4 aromatic carbocycles. The van der Waals surface area contributed by atoms with Gasteiger partial charge in [0.2, 0.25) is 10.1 Å². The maximum atomic E-state index is 12.7. The number of nitrogen functional groups attached to an aromatic ring is 1. The van der Waals surface area contributed by atoms with Gasteiger partial charge in [0.15, 0.2) is 0 Å². The summed E-state index contributed by atoms with van der Waals surface area (Å²) in [6, 6.07) is 27.9. The quantitative estimate of drug-likeness (QED) is 0.156. The molecule has 5 aromatic rings. The third-order valence-corrected chi connectivity index (χ3v) is 8.82. The highest BCUT2D eigenvalue weighted by Gasteiger charge is 2.36. The molecule has 44 heavy (non-hydrogen) atoms. The fraction of sp³-hybridized carbons (Fsp3) is 0.0968. The second kappa shape index (κ2) is 12.0. The van der Waals surface area contributed by atoms with Gasteiger partial charge in [-0.25, -0.2) is 4.79 Å². The third-order valence-electron chi connectivity index (χ3n) is 6.83.